The van der Waals surface area contributed by atoms with Gasteiger partial charge in [-0.15, -0.1) is 0 Å². The van der Waals surface area contributed by atoms with Gasteiger partial charge in [-0.05, 0) is 18.3 Å². The molecule has 8 heteroatoms. The van der Waals surface area contributed by atoms with Crippen molar-refractivity contribution in [3.63, 3.8) is 0 Å². The van der Waals surface area contributed by atoms with Crippen molar-refractivity contribution < 1.29 is 0 Å². The average molecular weight is 288 g/mol. The highest BCUT2D eigenvalue weighted by atomic mass is 15.4. The molecule has 0 amide bonds. The number of anilines is 2. The lowest BCUT2D eigenvalue weighted by molar-refractivity contribution is 0.278. The number of hydrogen-bond acceptors (Lipinski definition) is 7. The molecule has 21 heavy (non-hydrogen) atoms. The fraction of sp³-hybridized carbons (Fsp3) is 0.615. The van der Waals surface area contributed by atoms with Crippen molar-refractivity contribution in [2.75, 3.05) is 30.4 Å². The van der Waals surface area contributed by atoms with Crippen LogP contribution in [0.1, 0.15) is 26.7 Å². The minimum Gasteiger partial charge on any atom is -0.357 e. The van der Waals surface area contributed by atoms with Crippen LogP contribution in [0.15, 0.2) is 12.7 Å². The molecule has 0 saturated carbocycles. The first-order valence-electron chi connectivity index (χ1n) is 7.11. The molecule has 3 heterocycles. The maximum absolute atomic E-state index is 4.52. The largest absolute Gasteiger partial charge is 0.357 e. The Kier molecular flexibility index (Phi) is 3.44. The van der Waals surface area contributed by atoms with Gasteiger partial charge in [-0.1, -0.05) is 13.8 Å². The minimum absolute atomic E-state index is 0.393. The van der Waals surface area contributed by atoms with Crippen LogP contribution in [0, 0.1) is 5.41 Å². The van der Waals surface area contributed by atoms with Crippen LogP contribution in [0.25, 0.3) is 5.95 Å². The predicted molar refractivity (Wildman–Crippen MR) is 79.5 cm³/mol. The quantitative estimate of drug-likeness (QED) is 0.905. The van der Waals surface area contributed by atoms with Crippen molar-refractivity contribution in [3.05, 3.63) is 12.7 Å². The molecule has 0 aromatic carbocycles. The van der Waals surface area contributed by atoms with E-state index in [-0.39, 0.29) is 0 Å². The van der Waals surface area contributed by atoms with Gasteiger partial charge in [-0.2, -0.15) is 24.7 Å². The maximum Gasteiger partial charge on any atom is 0.258 e. The van der Waals surface area contributed by atoms with Crippen molar-refractivity contribution in [1.82, 2.24) is 29.7 Å². The number of aromatic nitrogens is 6. The van der Waals surface area contributed by atoms with E-state index in [1.54, 1.807) is 18.1 Å². The molecule has 2 aromatic rings. The van der Waals surface area contributed by atoms with E-state index in [1.165, 1.54) is 6.33 Å². The van der Waals surface area contributed by atoms with E-state index >= 15 is 0 Å². The molecular formula is C13H20N8. The highest BCUT2D eigenvalue weighted by Gasteiger charge is 2.27. The fourth-order valence-electron chi connectivity index (χ4n) is 2.33. The number of rotatable bonds is 3. The minimum atomic E-state index is 0.393. The molecule has 0 radical (unpaired) electrons. The van der Waals surface area contributed by atoms with Gasteiger partial charge in [0.05, 0.1) is 0 Å². The van der Waals surface area contributed by atoms with Crippen LogP contribution < -0.4 is 10.2 Å². The molecule has 1 aliphatic heterocycles. The second kappa shape index (κ2) is 5.27. The molecule has 1 saturated heterocycles. The highest BCUT2D eigenvalue weighted by molar-refractivity contribution is 5.40. The SMILES string of the molecule is CNc1nc(N2CCC(C)(C)CC2)nc(-n2cncn2)n1. The van der Waals surface area contributed by atoms with E-state index in [4.69, 9.17) is 0 Å². The molecule has 0 spiro atoms. The first kappa shape index (κ1) is 13.7. The highest BCUT2D eigenvalue weighted by Crippen LogP contribution is 2.31. The Balaban J connectivity index is 1.90. The summed E-state index contributed by atoms with van der Waals surface area (Å²) in [7, 11) is 1.80. The summed E-state index contributed by atoms with van der Waals surface area (Å²) in [5.41, 5.74) is 0.393. The van der Waals surface area contributed by atoms with Crippen LogP contribution >= 0.6 is 0 Å². The molecule has 0 unspecified atom stereocenters. The number of piperidine rings is 1. The van der Waals surface area contributed by atoms with Crippen LogP contribution in [0.4, 0.5) is 11.9 Å². The normalized spacial score (nSPS) is 17.8. The van der Waals surface area contributed by atoms with Crippen molar-refractivity contribution in [3.8, 4) is 5.95 Å². The van der Waals surface area contributed by atoms with E-state index in [1.807, 2.05) is 0 Å². The Morgan fingerprint density at radius 3 is 2.43 bits per heavy atom. The molecule has 112 valence electrons. The predicted octanol–water partition coefficient (Wildman–Crippen LogP) is 1.12. The van der Waals surface area contributed by atoms with Crippen molar-refractivity contribution in [2.24, 2.45) is 5.41 Å². The van der Waals surface area contributed by atoms with Gasteiger partial charge < -0.3 is 10.2 Å². The summed E-state index contributed by atoms with van der Waals surface area (Å²) in [4.78, 5) is 19.4. The van der Waals surface area contributed by atoms with Gasteiger partial charge in [0.15, 0.2) is 0 Å². The van der Waals surface area contributed by atoms with Crippen LogP contribution in [-0.4, -0.2) is 49.9 Å². The summed E-state index contributed by atoms with van der Waals surface area (Å²) in [5, 5.41) is 7.05. The third-order valence-electron chi connectivity index (χ3n) is 3.86. The Morgan fingerprint density at radius 1 is 1.10 bits per heavy atom. The van der Waals surface area contributed by atoms with E-state index in [0.717, 1.165) is 25.9 Å². The van der Waals surface area contributed by atoms with E-state index in [2.05, 4.69) is 49.1 Å². The second-order valence-corrected chi connectivity index (χ2v) is 6.00. The number of nitrogens with one attached hydrogen (secondary N) is 1. The zero-order valence-corrected chi connectivity index (χ0v) is 12.6. The molecule has 3 rings (SSSR count). The molecule has 8 nitrogen and oxygen atoms in total. The third kappa shape index (κ3) is 2.93. The van der Waals surface area contributed by atoms with E-state index in [9.17, 15) is 0 Å². The van der Waals surface area contributed by atoms with Crippen molar-refractivity contribution in [2.45, 2.75) is 26.7 Å². The van der Waals surface area contributed by atoms with Crippen LogP contribution in [0.5, 0.6) is 0 Å². The van der Waals surface area contributed by atoms with Crippen LogP contribution in [0.3, 0.4) is 0 Å². The van der Waals surface area contributed by atoms with E-state index < -0.39 is 0 Å². The summed E-state index contributed by atoms with van der Waals surface area (Å²) in [6.45, 7) is 6.52. The Bertz CT molecular complexity index is 597. The molecule has 1 aliphatic rings. The van der Waals surface area contributed by atoms with Gasteiger partial charge in [0.2, 0.25) is 11.9 Å². The summed E-state index contributed by atoms with van der Waals surface area (Å²) in [6.07, 6.45) is 5.31. The Labute approximate surface area is 123 Å². The second-order valence-electron chi connectivity index (χ2n) is 6.00. The van der Waals surface area contributed by atoms with E-state index in [0.29, 0.717) is 23.3 Å². The lowest BCUT2D eigenvalue weighted by Gasteiger charge is -2.36. The number of hydrogen-bond donors (Lipinski definition) is 1. The summed E-state index contributed by atoms with van der Waals surface area (Å²) in [6, 6.07) is 0. The average Bonchev–Trinajstić information content (AvgIpc) is 3.01. The molecule has 0 bridgehead atoms. The lowest BCUT2D eigenvalue weighted by atomic mass is 9.83. The topological polar surface area (TPSA) is 84.7 Å². The van der Waals surface area contributed by atoms with Crippen LogP contribution in [0.2, 0.25) is 0 Å². The van der Waals surface area contributed by atoms with Gasteiger partial charge in [-0.3, -0.25) is 0 Å². The van der Waals surface area contributed by atoms with Crippen LogP contribution in [-0.2, 0) is 0 Å². The maximum atomic E-state index is 4.52. The standard InChI is InChI=1S/C13H20N8/c1-13(2)4-6-20(7-5-13)11-17-10(14-3)18-12(19-11)21-9-15-8-16-21/h8-9H,4-7H2,1-3H3,(H,14,17,18,19). The van der Waals surface area contributed by atoms with Gasteiger partial charge in [0.25, 0.3) is 5.95 Å². The fourth-order valence-corrected chi connectivity index (χ4v) is 2.33. The first-order chi connectivity index (χ1) is 10.1. The summed E-state index contributed by atoms with van der Waals surface area (Å²) < 4.78 is 1.54. The third-order valence-corrected chi connectivity index (χ3v) is 3.86. The monoisotopic (exact) mass is 288 g/mol. The number of nitrogens with zero attached hydrogens (tertiary/aromatic N) is 7. The van der Waals surface area contributed by atoms with Gasteiger partial charge in [0, 0.05) is 20.1 Å². The zero-order valence-electron chi connectivity index (χ0n) is 12.6. The zero-order chi connectivity index (χ0) is 14.9. The van der Waals surface area contributed by atoms with Crippen molar-refractivity contribution in [1.29, 1.82) is 0 Å². The molecule has 1 N–H and O–H groups in total. The summed E-state index contributed by atoms with van der Waals surface area (Å²) in [5.74, 6) is 1.71. The molecule has 2 aromatic heterocycles. The first-order valence-corrected chi connectivity index (χ1v) is 7.11. The lowest BCUT2D eigenvalue weighted by Crippen LogP contribution is -2.38. The Hall–Kier alpha value is -2.25. The van der Waals surface area contributed by atoms with Gasteiger partial charge in [0.1, 0.15) is 12.7 Å². The molecule has 0 atom stereocenters. The molecule has 1 fully saturated rings. The molecular weight excluding hydrogens is 268 g/mol. The van der Waals surface area contributed by atoms with Gasteiger partial charge >= 0.3 is 0 Å². The Morgan fingerprint density at radius 2 is 1.81 bits per heavy atom. The smallest absolute Gasteiger partial charge is 0.258 e. The summed E-state index contributed by atoms with van der Waals surface area (Å²) >= 11 is 0. The van der Waals surface area contributed by atoms with Gasteiger partial charge in [-0.25, -0.2) is 4.98 Å². The van der Waals surface area contributed by atoms with Crippen molar-refractivity contribution >= 4 is 11.9 Å². The molecule has 0 aliphatic carbocycles.